The summed E-state index contributed by atoms with van der Waals surface area (Å²) in [4.78, 5) is 0.0461. The molecule has 1 aromatic carbocycles. The van der Waals surface area contributed by atoms with Crippen LogP contribution in [0.2, 0.25) is 0 Å². The number of hydrogen-bond acceptors (Lipinski definition) is 4. The Bertz CT molecular complexity index is 428. The molecule has 0 aliphatic rings. The van der Waals surface area contributed by atoms with Crippen molar-refractivity contribution < 1.29 is 0 Å². The predicted octanol–water partition coefficient (Wildman–Crippen LogP) is 1.43. The molecule has 0 fully saturated rings. The average Bonchev–Trinajstić information content (AvgIpc) is 2.26. The van der Waals surface area contributed by atoms with Crippen molar-refractivity contribution in [3.05, 3.63) is 29.8 Å². The Morgan fingerprint density at radius 3 is 2.60 bits per heavy atom. The van der Waals surface area contributed by atoms with Gasteiger partial charge in [0.25, 0.3) is 0 Å². The molecule has 0 radical (unpaired) electrons. The van der Waals surface area contributed by atoms with Crippen molar-refractivity contribution in [2.24, 2.45) is 5.10 Å². The summed E-state index contributed by atoms with van der Waals surface area (Å²) in [6.45, 7) is 1.82. The zero-order valence-electron chi connectivity index (χ0n) is 8.19. The lowest BCUT2D eigenvalue weighted by molar-refractivity contribution is 1.05. The summed E-state index contributed by atoms with van der Waals surface area (Å²) in [6.07, 6.45) is 0. The first-order valence-electron chi connectivity index (χ1n) is 4.23. The Balaban J connectivity index is 2.77. The summed E-state index contributed by atoms with van der Waals surface area (Å²) in [6, 6.07) is 9.06. The number of nitrogen functional groups attached to an aromatic ring is 1. The minimum Gasteiger partial charge on any atom is -0.399 e. The normalized spacial score (nSPS) is 10.5. The first kappa shape index (κ1) is 11.1. The monoisotopic (exact) mass is 218 g/mol. The molecule has 0 bridgehead atoms. The number of nitrogens with one attached hydrogen (secondary N) is 1. The van der Waals surface area contributed by atoms with E-state index in [-0.39, 0.29) is 4.99 Å². The third-order valence-corrected chi connectivity index (χ3v) is 1.94. The van der Waals surface area contributed by atoms with E-state index in [1.165, 1.54) is 0 Å². The van der Waals surface area contributed by atoms with Crippen LogP contribution in [0, 0.1) is 11.3 Å². The lowest BCUT2D eigenvalue weighted by Crippen LogP contribution is -2.14. The largest absolute Gasteiger partial charge is 0.399 e. The molecule has 0 heterocycles. The number of hydrazone groups is 1. The Kier molecular flexibility index (Phi) is 3.77. The van der Waals surface area contributed by atoms with E-state index >= 15 is 0 Å². The van der Waals surface area contributed by atoms with Crippen LogP contribution in [0.4, 0.5) is 5.69 Å². The summed E-state index contributed by atoms with van der Waals surface area (Å²) in [5.41, 5.74) is 10.4. The van der Waals surface area contributed by atoms with E-state index in [2.05, 4.69) is 22.7 Å². The molecule has 76 valence electrons. The van der Waals surface area contributed by atoms with Gasteiger partial charge in [-0.15, -0.1) is 0 Å². The van der Waals surface area contributed by atoms with Crippen LogP contribution in [0.25, 0.3) is 0 Å². The van der Waals surface area contributed by atoms with Gasteiger partial charge in [-0.2, -0.15) is 10.4 Å². The highest BCUT2D eigenvalue weighted by molar-refractivity contribution is 7.80. The SMILES string of the molecule is CC(=NNC(=S)C#N)c1ccc(N)cc1. The number of thiocarbonyl (C=S) groups is 1. The van der Waals surface area contributed by atoms with Gasteiger partial charge in [-0.05, 0) is 36.8 Å². The molecule has 0 aromatic heterocycles. The van der Waals surface area contributed by atoms with Gasteiger partial charge in [0.1, 0.15) is 6.07 Å². The molecule has 0 spiro atoms. The maximum absolute atomic E-state index is 8.42. The zero-order chi connectivity index (χ0) is 11.3. The van der Waals surface area contributed by atoms with Crippen molar-refractivity contribution in [3.63, 3.8) is 0 Å². The summed E-state index contributed by atoms with van der Waals surface area (Å²) >= 11 is 4.65. The van der Waals surface area contributed by atoms with Gasteiger partial charge < -0.3 is 5.73 Å². The van der Waals surface area contributed by atoms with Crippen LogP contribution in [0.3, 0.4) is 0 Å². The highest BCUT2D eigenvalue weighted by Gasteiger charge is 1.97. The van der Waals surface area contributed by atoms with Crippen LogP contribution in [-0.2, 0) is 0 Å². The number of hydrogen-bond donors (Lipinski definition) is 2. The van der Waals surface area contributed by atoms with Gasteiger partial charge in [0, 0.05) is 5.69 Å². The van der Waals surface area contributed by atoms with Crippen molar-refractivity contribution in [3.8, 4) is 6.07 Å². The van der Waals surface area contributed by atoms with Crippen molar-refractivity contribution in [1.29, 1.82) is 5.26 Å². The first-order valence-corrected chi connectivity index (χ1v) is 4.64. The van der Waals surface area contributed by atoms with Gasteiger partial charge in [0.2, 0.25) is 0 Å². The van der Waals surface area contributed by atoms with Crippen LogP contribution in [0.15, 0.2) is 29.4 Å². The molecule has 0 unspecified atom stereocenters. The Hall–Kier alpha value is -1.93. The molecule has 0 amide bonds. The van der Waals surface area contributed by atoms with E-state index in [4.69, 9.17) is 11.0 Å². The van der Waals surface area contributed by atoms with Gasteiger partial charge in [0.05, 0.1) is 5.71 Å². The van der Waals surface area contributed by atoms with Crippen LogP contribution < -0.4 is 11.2 Å². The number of nitrogens with two attached hydrogens (primary N) is 1. The van der Waals surface area contributed by atoms with Gasteiger partial charge in [-0.25, -0.2) is 0 Å². The van der Waals surface area contributed by atoms with E-state index in [0.29, 0.717) is 5.69 Å². The molecule has 0 aliphatic heterocycles. The molecular weight excluding hydrogens is 208 g/mol. The van der Waals surface area contributed by atoms with E-state index < -0.39 is 0 Å². The number of rotatable bonds is 2. The second-order valence-corrected chi connectivity index (χ2v) is 3.28. The topological polar surface area (TPSA) is 74.2 Å². The minimum absolute atomic E-state index is 0.0461. The second-order valence-electron chi connectivity index (χ2n) is 2.87. The Labute approximate surface area is 93.4 Å². The zero-order valence-corrected chi connectivity index (χ0v) is 9.01. The van der Waals surface area contributed by atoms with Gasteiger partial charge in [0.15, 0.2) is 4.99 Å². The maximum Gasteiger partial charge on any atom is 0.198 e. The molecule has 0 saturated heterocycles. The second kappa shape index (κ2) is 5.08. The molecule has 0 atom stereocenters. The molecule has 0 saturated carbocycles. The summed E-state index contributed by atoms with van der Waals surface area (Å²) < 4.78 is 0. The van der Waals surface area contributed by atoms with Crippen LogP contribution in [0.1, 0.15) is 12.5 Å². The fourth-order valence-electron chi connectivity index (χ4n) is 0.948. The van der Waals surface area contributed by atoms with Gasteiger partial charge in [-0.1, -0.05) is 12.1 Å². The molecule has 1 rings (SSSR count). The molecule has 0 aliphatic carbocycles. The molecular formula is C10H10N4S. The molecule has 1 aromatic rings. The fourth-order valence-corrected chi connectivity index (χ4v) is 0.994. The third kappa shape index (κ3) is 3.37. The summed E-state index contributed by atoms with van der Waals surface area (Å²) in [5.74, 6) is 0. The highest BCUT2D eigenvalue weighted by atomic mass is 32.1. The number of nitriles is 1. The lowest BCUT2D eigenvalue weighted by Gasteiger charge is -2.01. The molecule has 3 N–H and O–H groups in total. The molecule has 15 heavy (non-hydrogen) atoms. The molecule has 5 heteroatoms. The standard InChI is InChI=1S/C10H10N4S/c1-7(13-14-10(15)6-11)8-2-4-9(12)5-3-8/h2-5H,12H2,1H3,(H,14,15). The van der Waals surface area contributed by atoms with E-state index in [9.17, 15) is 0 Å². The fraction of sp³-hybridized carbons (Fsp3) is 0.100. The van der Waals surface area contributed by atoms with E-state index in [1.54, 1.807) is 18.2 Å². The average molecular weight is 218 g/mol. The van der Waals surface area contributed by atoms with Crippen molar-refractivity contribution in [1.82, 2.24) is 5.43 Å². The van der Waals surface area contributed by atoms with Crippen molar-refractivity contribution in [2.75, 3.05) is 5.73 Å². The van der Waals surface area contributed by atoms with Crippen LogP contribution in [-0.4, -0.2) is 10.7 Å². The summed E-state index contributed by atoms with van der Waals surface area (Å²) in [7, 11) is 0. The molecule has 4 nitrogen and oxygen atoms in total. The van der Waals surface area contributed by atoms with Crippen LogP contribution in [0.5, 0.6) is 0 Å². The maximum atomic E-state index is 8.42. The predicted molar refractivity (Wildman–Crippen MR) is 64.4 cm³/mol. The summed E-state index contributed by atoms with van der Waals surface area (Å²) in [5, 5.41) is 12.4. The number of anilines is 1. The Morgan fingerprint density at radius 2 is 2.07 bits per heavy atom. The third-order valence-electron chi connectivity index (χ3n) is 1.76. The first-order chi connectivity index (χ1) is 7.13. The number of benzene rings is 1. The lowest BCUT2D eigenvalue weighted by atomic mass is 10.1. The van der Waals surface area contributed by atoms with Gasteiger partial charge >= 0.3 is 0 Å². The number of nitrogens with zero attached hydrogens (tertiary/aromatic N) is 2. The highest BCUT2D eigenvalue weighted by Crippen LogP contribution is 2.06. The van der Waals surface area contributed by atoms with Crippen molar-refractivity contribution in [2.45, 2.75) is 6.92 Å². The minimum atomic E-state index is 0.0461. The van der Waals surface area contributed by atoms with Gasteiger partial charge in [-0.3, -0.25) is 5.43 Å². The Morgan fingerprint density at radius 1 is 1.47 bits per heavy atom. The smallest absolute Gasteiger partial charge is 0.198 e. The quantitative estimate of drug-likeness (QED) is 0.341. The van der Waals surface area contributed by atoms with E-state index in [1.807, 2.05) is 19.1 Å². The van der Waals surface area contributed by atoms with Crippen LogP contribution >= 0.6 is 12.2 Å². The van der Waals surface area contributed by atoms with E-state index in [0.717, 1.165) is 11.3 Å². The van der Waals surface area contributed by atoms with Crippen molar-refractivity contribution >= 4 is 28.6 Å².